The molecule has 1 unspecified atom stereocenters. The third-order valence-corrected chi connectivity index (χ3v) is 3.20. The second-order valence-electron chi connectivity index (χ2n) is 4.97. The molecule has 4 heteroatoms. The van der Waals surface area contributed by atoms with Crippen LogP contribution < -0.4 is 10.6 Å². The van der Waals surface area contributed by atoms with E-state index in [1.54, 1.807) is 7.11 Å². The molecule has 0 saturated carbocycles. The van der Waals surface area contributed by atoms with E-state index in [0.29, 0.717) is 12.2 Å². The third-order valence-electron chi connectivity index (χ3n) is 3.20. The highest BCUT2D eigenvalue weighted by Gasteiger charge is 2.13. The van der Waals surface area contributed by atoms with Gasteiger partial charge in [-0.05, 0) is 44.0 Å². The van der Waals surface area contributed by atoms with Crippen molar-refractivity contribution in [3.8, 4) is 0 Å². The molecule has 0 fully saturated rings. The summed E-state index contributed by atoms with van der Waals surface area (Å²) in [6.07, 6.45) is 1.95. The van der Waals surface area contributed by atoms with E-state index in [-0.39, 0.29) is 11.9 Å². The SMILES string of the molecule is CCCC(COC)NC(=O)c1ccc(NCC)c(C)c1. The monoisotopic (exact) mass is 278 g/mol. The lowest BCUT2D eigenvalue weighted by Gasteiger charge is -2.17. The average molecular weight is 278 g/mol. The fourth-order valence-corrected chi connectivity index (χ4v) is 2.21. The number of hydrogen-bond donors (Lipinski definition) is 2. The molecule has 1 amide bonds. The zero-order valence-electron chi connectivity index (χ0n) is 13.0. The number of benzene rings is 1. The third kappa shape index (κ3) is 4.85. The van der Waals surface area contributed by atoms with Crippen LogP contribution in [0.15, 0.2) is 18.2 Å². The summed E-state index contributed by atoms with van der Waals surface area (Å²) in [7, 11) is 1.66. The predicted octanol–water partition coefficient (Wildman–Crippen LogP) is 2.97. The first-order valence-corrected chi connectivity index (χ1v) is 7.26. The first-order chi connectivity index (χ1) is 9.62. The zero-order chi connectivity index (χ0) is 15.0. The van der Waals surface area contributed by atoms with Crippen molar-refractivity contribution in [1.82, 2.24) is 5.32 Å². The number of carbonyl (C=O) groups excluding carboxylic acids is 1. The largest absolute Gasteiger partial charge is 0.385 e. The maximum absolute atomic E-state index is 12.2. The molecule has 0 aliphatic carbocycles. The maximum atomic E-state index is 12.2. The van der Waals surface area contributed by atoms with Crippen molar-refractivity contribution < 1.29 is 9.53 Å². The van der Waals surface area contributed by atoms with E-state index >= 15 is 0 Å². The second-order valence-corrected chi connectivity index (χ2v) is 4.97. The number of nitrogens with one attached hydrogen (secondary N) is 2. The summed E-state index contributed by atoms with van der Waals surface area (Å²) in [6.45, 7) is 7.59. The average Bonchev–Trinajstić information content (AvgIpc) is 2.41. The minimum atomic E-state index is -0.0355. The molecule has 4 nitrogen and oxygen atoms in total. The van der Waals surface area contributed by atoms with Gasteiger partial charge in [0, 0.05) is 24.9 Å². The van der Waals surface area contributed by atoms with E-state index in [4.69, 9.17) is 4.74 Å². The first kappa shape index (κ1) is 16.5. The lowest BCUT2D eigenvalue weighted by molar-refractivity contribution is 0.0891. The summed E-state index contributed by atoms with van der Waals surface area (Å²) in [5, 5.41) is 6.30. The number of anilines is 1. The van der Waals surface area contributed by atoms with E-state index in [1.165, 1.54) is 0 Å². The molecule has 0 aliphatic heterocycles. The van der Waals surface area contributed by atoms with Crippen LogP contribution in [0.1, 0.15) is 42.6 Å². The lowest BCUT2D eigenvalue weighted by atomic mass is 10.1. The number of amides is 1. The van der Waals surface area contributed by atoms with Crippen LogP contribution in [0.3, 0.4) is 0 Å². The highest BCUT2D eigenvalue weighted by atomic mass is 16.5. The van der Waals surface area contributed by atoms with E-state index in [0.717, 1.165) is 30.6 Å². The van der Waals surface area contributed by atoms with E-state index in [9.17, 15) is 4.79 Å². The summed E-state index contributed by atoms with van der Waals surface area (Å²) >= 11 is 0. The summed E-state index contributed by atoms with van der Waals surface area (Å²) in [6, 6.07) is 5.81. The van der Waals surface area contributed by atoms with Gasteiger partial charge in [0.2, 0.25) is 0 Å². The molecule has 1 aromatic carbocycles. The molecule has 1 rings (SSSR count). The van der Waals surface area contributed by atoms with Crippen molar-refractivity contribution in [1.29, 1.82) is 0 Å². The van der Waals surface area contributed by atoms with Gasteiger partial charge in [0.15, 0.2) is 0 Å². The summed E-state index contributed by atoms with van der Waals surface area (Å²) in [5.41, 5.74) is 2.85. The van der Waals surface area contributed by atoms with Crippen molar-refractivity contribution >= 4 is 11.6 Å². The molecule has 112 valence electrons. The number of rotatable bonds is 8. The van der Waals surface area contributed by atoms with Gasteiger partial charge in [0.1, 0.15) is 0 Å². The van der Waals surface area contributed by atoms with Crippen molar-refractivity contribution in [2.75, 3.05) is 25.6 Å². The molecule has 1 aromatic rings. The molecule has 20 heavy (non-hydrogen) atoms. The standard InChI is InChI=1S/C16H26N2O2/c1-5-7-14(11-20-4)18-16(19)13-8-9-15(17-6-2)12(3)10-13/h8-10,14,17H,5-7,11H2,1-4H3,(H,18,19). The molecular formula is C16H26N2O2. The molecule has 0 aliphatic rings. The highest BCUT2D eigenvalue weighted by molar-refractivity contribution is 5.95. The Hall–Kier alpha value is -1.55. The van der Waals surface area contributed by atoms with Crippen molar-refractivity contribution in [3.05, 3.63) is 29.3 Å². The van der Waals surface area contributed by atoms with Crippen LogP contribution in [-0.4, -0.2) is 32.2 Å². The summed E-state index contributed by atoms with van der Waals surface area (Å²) in [5.74, 6) is -0.0355. The van der Waals surface area contributed by atoms with E-state index in [2.05, 4.69) is 24.5 Å². The first-order valence-electron chi connectivity index (χ1n) is 7.26. The van der Waals surface area contributed by atoms with Crippen LogP contribution in [-0.2, 0) is 4.74 Å². The number of methoxy groups -OCH3 is 1. The van der Waals surface area contributed by atoms with Gasteiger partial charge in [-0.1, -0.05) is 13.3 Å². The Morgan fingerprint density at radius 1 is 1.35 bits per heavy atom. The van der Waals surface area contributed by atoms with E-state index in [1.807, 2.05) is 25.1 Å². The molecule has 0 bridgehead atoms. The Balaban J connectivity index is 2.73. The normalized spacial score (nSPS) is 12.0. The fourth-order valence-electron chi connectivity index (χ4n) is 2.21. The van der Waals surface area contributed by atoms with Gasteiger partial charge in [-0.25, -0.2) is 0 Å². The highest BCUT2D eigenvalue weighted by Crippen LogP contribution is 2.16. The van der Waals surface area contributed by atoms with Crippen LogP contribution in [0.5, 0.6) is 0 Å². The Morgan fingerprint density at radius 2 is 2.10 bits per heavy atom. The topological polar surface area (TPSA) is 50.4 Å². The molecule has 1 atom stereocenters. The minimum Gasteiger partial charge on any atom is -0.385 e. The Bertz CT molecular complexity index is 426. The number of hydrogen-bond acceptors (Lipinski definition) is 3. The number of carbonyl (C=O) groups is 1. The Labute approximate surface area is 121 Å². The van der Waals surface area contributed by atoms with Crippen LogP contribution in [0.2, 0.25) is 0 Å². The minimum absolute atomic E-state index is 0.0355. The van der Waals surface area contributed by atoms with Gasteiger partial charge in [-0.3, -0.25) is 4.79 Å². The van der Waals surface area contributed by atoms with Gasteiger partial charge in [-0.2, -0.15) is 0 Å². The molecule has 0 aromatic heterocycles. The summed E-state index contributed by atoms with van der Waals surface area (Å²) in [4.78, 5) is 12.2. The fraction of sp³-hybridized carbons (Fsp3) is 0.562. The molecule has 2 N–H and O–H groups in total. The van der Waals surface area contributed by atoms with Gasteiger partial charge < -0.3 is 15.4 Å². The van der Waals surface area contributed by atoms with Crippen molar-refractivity contribution in [2.45, 2.75) is 39.7 Å². The molecular weight excluding hydrogens is 252 g/mol. The molecule has 0 radical (unpaired) electrons. The quantitative estimate of drug-likeness (QED) is 0.768. The lowest BCUT2D eigenvalue weighted by Crippen LogP contribution is -2.37. The van der Waals surface area contributed by atoms with Gasteiger partial charge in [-0.15, -0.1) is 0 Å². The van der Waals surface area contributed by atoms with Crippen molar-refractivity contribution in [3.63, 3.8) is 0 Å². The molecule has 0 heterocycles. The smallest absolute Gasteiger partial charge is 0.251 e. The molecule has 0 saturated heterocycles. The van der Waals surface area contributed by atoms with Gasteiger partial charge in [0.05, 0.1) is 12.6 Å². The van der Waals surface area contributed by atoms with Gasteiger partial charge in [0.25, 0.3) is 5.91 Å². The second kappa shape index (κ2) is 8.59. The number of ether oxygens (including phenoxy) is 1. The number of aryl methyl sites for hydroxylation is 1. The van der Waals surface area contributed by atoms with Crippen LogP contribution >= 0.6 is 0 Å². The predicted molar refractivity (Wildman–Crippen MR) is 83.4 cm³/mol. The zero-order valence-corrected chi connectivity index (χ0v) is 13.0. The van der Waals surface area contributed by atoms with Crippen molar-refractivity contribution in [2.24, 2.45) is 0 Å². The van der Waals surface area contributed by atoms with E-state index < -0.39 is 0 Å². The Morgan fingerprint density at radius 3 is 2.65 bits per heavy atom. The van der Waals surface area contributed by atoms with Gasteiger partial charge >= 0.3 is 0 Å². The molecule has 0 spiro atoms. The summed E-state index contributed by atoms with van der Waals surface area (Å²) < 4.78 is 5.14. The van der Waals surface area contributed by atoms with Crippen LogP contribution in [0, 0.1) is 6.92 Å². The maximum Gasteiger partial charge on any atom is 0.251 e. The van der Waals surface area contributed by atoms with Crippen LogP contribution in [0.4, 0.5) is 5.69 Å². The Kier molecular flexibility index (Phi) is 7.09. The van der Waals surface area contributed by atoms with Crippen LogP contribution in [0.25, 0.3) is 0 Å².